The number of methoxy groups -OCH3 is 1. The molecule has 0 saturated heterocycles. The normalized spacial score (nSPS) is 11.5. The van der Waals surface area contributed by atoms with Crippen LogP contribution in [0.15, 0.2) is 72.8 Å². The summed E-state index contributed by atoms with van der Waals surface area (Å²) in [6, 6.07) is 25.5. The zero-order valence-electron chi connectivity index (χ0n) is 24.0. The lowest BCUT2D eigenvalue weighted by Gasteiger charge is -2.23. The summed E-state index contributed by atoms with van der Waals surface area (Å²) >= 11 is 0. The molecule has 0 spiro atoms. The second kappa shape index (κ2) is 10.9. The highest BCUT2D eigenvalue weighted by Crippen LogP contribution is 2.46. The SMILES string of the molecule is COc1ccc(CNn2nc(-c3ccc(C)cc3)c3nc(C(C)C)c(-c4ccc(C)cc4)c-3c2C(C)C)cc1. The number of benzene rings is 3. The Morgan fingerprint density at radius 3 is 1.85 bits per heavy atom. The molecule has 0 bridgehead atoms. The van der Waals surface area contributed by atoms with Crippen molar-refractivity contribution >= 4 is 0 Å². The maximum absolute atomic E-state index is 5.34. The van der Waals surface area contributed by atoms with Crippen molar-refractivity contribution in [2.24, 2.45) is 0 Å². The van der Waals surface area contributed by atoms with Crippen LogP contribution in [0, 0.1) is 13.8 Å². The molecule has 0 atom stereocenters. The van der Waals surface area contributed by atoms with Crippen molar-refractivity contribution in [1.82, 2.24) is 14.9 Å². The maximum atomic E-state index is 5.34. The predicted molar refractivity (Wildman–Crippen MR) is 161 cm³/mol. The number of ether oxygens (including phenoxy) is 1. The van der Waals surface area contributed by atoms with Crippen LogP contribution in [-0.4, -0.2) is 22.0 Å². The molecule has 2 aliphatic rings. The quantitative estimate of drug-likeness (QED) is 0.224. The number of nitrogens with one attached hydrogen (secondary N) is 1. The minimum absolute atomic E-state index is 0.212. The van der Waals surface area contributed by atoms with Crippen LogP contribution in [0.3, 0.4) is 0 Å². The van der Waals surface area contributed by atoms with Gasteiger partial charge < -0.3 is 10.2 Å². The molecule has 200 valence electrons. The summed E-state index contributed by atoms with van der Waals surface area (Å²) in [5, 5.41) is 5.21. The number of fused-ring (bicyclic) bond motifs is 1. The van der Waals surface area contributed by atoms with E-state index in [1.54, 1.807) is 7.11 Å². The Morgan fingerprint density at radius 2 is 1.31 bits per heavy atom. The van der Waals surface area contributed by atoms with E-state index in [9.17, 15) is 0 Å². The summed E-state index contributed by atoms with van der Waals surface area (Å²) in [6.07, 6.45) is 0. The molecular formula is C34H38N4O. The third-order valence-corrected chi connectivity index (χ3v) is 7.23. The molecule has 0 amide bonds. The summed E-state index contributed by atoms with van der Waals surface area (Å²) in [6.45, 7) is 13.8. The van der Waals surface area contributed by atoms with Crippen LogP contribution >= 0.6 is 0 Å². The highest BCUT2D eigenvalue weighted by atomic mass is 16.5. The van der Waals surface area contributed by atoms with Crippen molar-refractivity contribution < 1.29 is 4.74 Å². The first kappa shape index (κ1) is 26.5. The minimum Gasteiger partial charge on any atom is -0.497 e. The third-order valence-electron chi connectivity index (χ3n) is 7.23. The van der Waals surface area contributed by atoms with Crippen LogP contribution in [0.25, 0.3) is 33.6 Å². The van der Waals surface area contributed by atoms with E-state index < -0.39 is 0 Å². The van der Waals surface area contributed by atoms with Crippen LogP contribution in [0.1, 0.15) is 67.6 Å². The van der Waals surface area contributed by atoms with E-state index in [4.69, 9.17) is 14.8 Å². The van der Waals surface area contributed by atoms with Gasteiger partial charge in [0.2, 0.25) is 0 Å². The number of nitrogens with zero attached hydrogens (tertiary/aromatic N) is 3. The van der Waals surface area contributed by atoms with Gasteiger partial charge in [0.05, 0.1) is 25.0 Å². The molecule has 5 nitrogen and oxygen atoms in total. The van der Waals surface area contributed by atoms with Crippen molar-refractivity contribution in [1.29, 1.82) is 0 Å². The summed E-state index contributed by atoms with van der Waals surface area (Å²) < 4.78 is 5.34. The van der Waals surface area contributed by atoms with E-state index in [2.05, 4.69) is 108 Å². The first-order chi connectivity index (χ1) is 18.8. The van der Waals surface area contributed by atoms with Crippen LogP contribution < -0.4 is 10.2 Å². The fraction of sp³-hybridized carbons (Fsp3) is 0.294. The van der Waals surface area contributed by atoms with Crippen LogP contribution in [0.4, 0.5) is 0 Å². The van der Waals surface area contributed by atoms with Crippen molar-refractivity contribution in [3.8, 4) is 39.4 Å². The highest BCUT2D eigenvalue weighted by molar-refractivity contribution is 5.93. The average Bonchev–Trinajstić information content (AvgIpc) is 3.33. The summed E-state index contributed by atoms with van der Waals surface area (Å²) in [5.41, 5.74) is 16.0. The van der Waals surface area contributed by atoms with Crippen molar-refractivity contribution in [3.05, 3.63) is 101 Å². The first-order valence-corrected chi connectivity index (χ1v) is 13.7. The van der Waals surface area contributed by atoms with E-state index >= 15 is 0 Å². The van der Waals surface area contributed by atoms with Crippen LogP contribution in [0.2, 0.25) is 0 Å². The molecule has 2 heterocycles. The number of hydrogen-bond donors (Lipinski definition) is 1. The van der Waals surface area contributed by atoms with Crippen LogP contribution in [-0.2, 0) is 6.54 Å². The minimum atomic E-state index is 0.212. The predicted octanol–water partition coefficient (Wildman–Crippen LogP) is 8.33. The Bertz CT molecular complexity index is 1530. The van der Waals surface area contributed by atoms with E-state index in [1.165, 1.54) is 27.8 Å². The Hall–Kier alpha value is -4.12. The van der Waals surface area contributed by atoms with Gasteiger partial charge in [-0.1, -0.05) is 99.5 Å². The number of hydrogen-bond acceptors (Lipinski definition) is 4. The zero-order valence-corrected chi connectivity index (χ0v) is 24.0. The molecule has 0 radical (unpaired) electrons. The van der Waals surface area contributed by atoms with Gasteiger partial charge >= 0.3 is 0 Å². The van der Waals surface area contributed by atoms with Gasteiger partial charge in [0, 0.05) is 16.7 Å². The molecule has 0 saturated carbocycles. The number of aryl methyl sites for hydroxylation is 2. The number of aromatic nitrogens is 3. The monoisotopic (exact) mass is 518 g/mol. The van der Waals surface area contributed by atoms with Gasteiger partial charge in [0.15, 0.2) is 0 Å². The molecule has 0 unspecified atom stereocenters. The Labute approximate surface area is 232 Å². The largest absolute Gasteiger partial charge is 0.497 e. The Kier molecular flexibility index (Phi) is 7.42. The molecule has 5 heteroatoms. The topological polar surface area (TPSA) is 52.0 Å². The Morgan fingerprint density at radius 1 is 0.718 bits per heavy atom. The van der Waals surface area contributed by atoms with Crippen molar-refractivity contribution in [2.75, 3.05) is 12.5 Å². The van der Waals surface area contributed by atoms with E-state index in [0.29, 0.717) is 6.54 Å². The smallest absolute Gasteiger partial charge is 0.119 e. The zero-order chi connectivity index (χ0) is 27.7. The summed E-state index contributed by atoms with van der Waals surface area (Å²) in [7, 11) is 1.69. The van der Waals surface area contributed by atoms with E-state index in [1.807, 2.05) is 16.9 Å². The van der Waals surface area contributed by atoms with Gasteiger partial charge in [-0.3, -0.25) is 0 Å². The van der Waals surface area contributed by atoms with Gasteiger partial charge in [-0.2, -0.15) is 9.89 Å². The molecule has 0 aromatic heterocycles. The molecule has 3 aromatic rings. The van der Waals surface area contributed by atoms with Crippen LogP contribution in [0.5, 0.6) is 5.75 Å². The van der Waals surface area contributed by atoms with Gasteiger partial charge in [-0.15, -0.1) is 0 Å². The second-order valence-corrected chi connectivity index (χ2v) is 11.0. The molecular weight excluding hydrogens is 480 g/mol. The maximum Gasteiger partial charge on any atom is 0.119 e. The number of rotatable bonds is 8. The summed E-state index contributed by atoms with van der Waals surface area (Å²) in [4.78, 5) is 7.31. The summed E-state index contributed by atoms with van der Waals surface area (Å²) in [5.74, 6) is 1.33. The highest BCUT2D eigenvalue weighted by Gasteiger charge is 2.31. The van der Waals surface area contributed by atoms with Crippen molar-refractivity contribution in [2.45, 2.75) is 59.9 Å². The lowest BCUT2D eigenvalue weighted by Crippen LogP contribution is -2.24. The van der Waals surface area contributed by atoms with E-state index in [0.717, 1.165) is 39.7 Å². The van der Waals surface area contributed by atoms with Gasteiger partial charge in [-0.25, -0.2) is 4.98 Å². The van der Waals surface area contributed by atoms with Gasteiger partial charge in [0.25, 0.3) is 0 Å². The molecule has 2 aliphatic heterocycles. The molecule has 0 aliphatic carbocycles. The van der Waals surface area contributed by atoms with E-state index in [-0.39, 0.29) is 11.8 Å². The first-order valence-electron chi connectivity index (χ1n) is 13.7. The van der Waals surface area contributed by atoms with Gasteiger partial charge in [0.1, 0.15) is 17.1 Å². The molecule has 1 N–H and O–H groups in total. The Balaban J connectivity index is 1.76. The van der Waals surface area contributed by atoms with Crippen molar-refractivity contribution in [3.63, 3.8) is 0 Å². The fourth-order valence-electron chi connectivity index (χ4n) is 5.11. The fourth-order valence-corrected chi connectivity index (χ4v) is 5.11. The molecule has 0 fully saturated rings. The lowest BCUT2D eigenvalue weighted by molar-refractivity contribution is 0.414. The third kappa shape index (κ3) is 5.26. The average molecular weight is 519 g/mol. The molecule has 5 rings (SSSR count). The standard InChI is InChI=1S/C34H38N4O/c1-21(2)31-29(26-14-8-23(5)9-15-26)30-33(36-31)32(27-16-10-24(6)11-17-27)37-38(34(30)22(3)4)35-20-25-12-18-28(39-7)19-13-25/h8-19,21-22,35H,20H2,1-7H3. The molecule has 39 heavy (non-hydrogen) atoms. The molecule has 3 aromatic carbocycles. The lowest BCUT2D eigenvalue weighted by atomic mass is 9.90. The van der Waals surface area contributed by atoms with Gasteiger partial charge in [-0.05, 0) is 48.9 Å². The second-order valence-electron chi connectivity index (χ2n) is 11.0.